The van der Waals surface area contributed by atoms with E-state index in [0.29, 0.717) is 22.6 Å². The Morgan fingerprint density at radius 1 is 1.48 bits per heavy atom. The Morgan fingerprint density at radius 2 is 2.19 bits per heavy atom. The number of benzene rings is 1. The summed E-state index contributed by atoms with van der Waals surface area (Å²) in [5.74, 6) is -6.28. The van der Waals surface area contributed by atoms with Gasteiger partial charge in [0.15, 0.2) is 5.13 Å². The molecule has 1 amide bonds. The molecule has 1 heterocycles. The molecule has 1 aromatic heterocycles. The molecule has 0 saturated carbocycles. The summed E-state index contributed by atoms with van der Waals surface area (Å²) >= 11 is 0.892. The van der Waals surface area contributed by atoms with Crippen LogP contribution in [0.4, 0.5) is 22.7 Å². The van der Waals surface area contributed by atoms with Gasteiger partial charge in [0.1, 0.15) is 5.75 Å². The minimum absolute atomic E-state index is 0.177. The standard InChI is InChI=1S/C12H10F4N2O2S/c1-2-20-6-3-4-7-8(5-6)21-11(17-7)18-10(19)12(15,16)9(13)14/h3-5,9H,2H2,1H3,(H,17,18,19). The van der Waals surface area contributed by atoms with Crippen LogP contribution >= 0.6 is 11.3 Å². The van der Waals surface area contributed by atoms with Gasteiger partial charge in [-0.25, -0.2) is 13.8 Å². The summed E-state index contributed by atoms with van der Waals surface area (Å²) in [6.45, 7) is 2.25. The summed E-state index contributed by atoms with van der Waals surface area (Å²) in [6.07, 6.45) is -4.07. The van der Waals surface area contributed by atoms with Crippen LogP contribution in [0, 0.1) is 0 Å². The molecule has 0 fully saturated rings. The van der Waals surface area contributed by atoms with Crippen LogP contribution in [0.3, 0.4) is 0 Å². The highest BCUT2D eigenvalue weighted by molar-refractivity contribution is 7.22. The van der Waals surface area contributed by atoms with E-state index in [0.717, 1.165) is 11.3 Å². The lowest BCUT2D eigenvalue weighted by Crippen LogP contribution is -2.40. The molecule has 2 aromatic rings. The van der Waals surface area contributed by atoms with E-state index in [4.69, 9.17) is 4.74 Å². The van der Waals surface area contributed by atoms with Crippen molar-refractivity contribution in [2.75, 3.05) is 11.9 Å². The number of ether oxygens (including phenoxy) is 1. The summed E-state index contributed by atoms with van der Waals surface area (Å²) < 4.78 is 55.7. The first-order valence-corrected chi connectivity index (χ1v) is 6.67. The second-order valence-electron chi connectivity index (χ2n) is 3.96. The third-order valence-electron chi connectivity index (χ3n) is 2.47. The van der Waals surface area contributed by atoms with Crippen LogP contribution in [-0.4, -0.2) is 29.8 Å². The number of rotatable bonds is 5. The van der Waals surface area contributed by atoms with Crippen molar-refractivity contribution in [3.8, 4) is 5.75 Å². The molecule has 2 rings (SSSR count). The van der Waals surface area contributed by atoms with Crippen molar-refractivity contribution in [3.63, 3.8) is 0 Å². The fraction of sp³-hybridized carbons (Fsp3) is 0.333. The van der Waals surface area contributed by atoms with Crippen LogP contribution in [0.15, 0.2) is 18.2 Å². The molecule has 0 atom stereocenters. The average Bonchev–Trinajstić information content (AvgIpc) is 2.80. The number of thiazole rings is 1. The molecule has 9 heteroatoms. The predicted octanol–water partition coefficient (Wildman–Crippen LogP) is 3.53. The van der Waals surface area contributed by atoms with Crippen LogP contribution in [0.25, 0.3) is 10.2 Å². The van der Waals surface area contributed by atoms with Gasteiger partial charge in [-0.1, -0.05) is 11.3 Å². The van der Waals surface area contributed by atoms with Crippen molar-refractivity contribution in [2.45, 2.75) is 19.3 Å². The number of nitrogens with zero attached hydrogens (tertiary/aromatic N) is 1. The smallest absolute Gasteiger partial charge is 0.383 e. The van der Waals surface area contributed by atoms with Gasteiger partial charge in [-0.05, 0) is 25.1 Å². The Kier molecular flexibility index (Phi) is 4.31. The second kappa shape index (κ2) is 5.84. The van der Waals surface area contributed by atoms with Gasteiger partial charge >= 0.3 is 18.3 Å². The van der Waals surface area contributed by atoms with Crippen LogP contribution in [-0.2, 0) is 4.79 Å². The van der Waals surface area contributed by atoms with E-state index in [1.54, 1.807) is 30.4 Å². The number of aromatic nitrogens is 1. The average molecular weight is 322 g/mol. The van der Waals surface area contributed by atoms with Gasteiger partial charge in [0.2, 0.25) is 0 Å². The van der Waals surface area contributed by atoms with E-state index in [-0.39, 0.29) is 5.13 Å². The summed E-state index contributed by atoms with van der Waals surface area (Å²) in [5, 5.41) is 1.53. The Balaban J connectivity index is 2.22. The summed E-state index contributed by atoms with van der Waals surface area (Å²) in [5.41, 5.74) is 0.444. The minimum Gasteiger partial charge on any atom is -0.494 e. The number of alkyl halides is 4. The zero-order valence-electron chi connectivity index (χ0n) is 10.7. The molecule has 1 aromatic carbocycles. The van der Waals surface area contributed by atoms with E-state index in [1.807, 2.05) is 0 Å². The minimum atomic E-state index is -4.76. The Bertz CT molecular complexity index is 660. The highest BCUT2D eigenvalue weighted by Crippen LogP contribution is 2.31. The van der Waals surface area contributed by atoms with Crippen molar-refractivity contribution >= 4 is 32.6 Å². The van der Waals surface area contributed by atoms with Crippen molar-refractivity contribution in [3.05, 3.63) is 18.2 Å². The molecule has 0 bridgehead atoms. The Labute approximate surface area is 120 Å². The first-order chi connectivity index (χ1) is 9.84. The van der Waals surface area contributed by atoms with E-state index in [2.05, 4.69) is 4.98 Å². The van der Waals surface area contributed by atoms with Gasteiger partial charge in [0.05, 0.1) is 16.8 Å². The predicted molar refractivity (Wildman–Crippen MR) is 70.4 cm³/mol. The Hall–Kier alpha value is -1.90. The molecule has 0 spiro atoms. The molecule has 0 radical (unpaired) electrons. The number of amides is 1. The number of hydrogen-bond donors (Lipinski definition) is 1. The summed E-state index contributed by atoms with van der Waals surface area (Å²) in [4.78, 5) is 15.0. The number of carbonyl (C=O) groups excluding carboxylic acids is 1. The molecule has 21 heavy (non-hydrogen) atoms. The van der Waals surface area contributed by atoms with Gasteiger partial charge < -0.3 is 4.74 Å². The van der Waals surface area contributed by atoms with Crippen LogP contribution in [0.5, 0.6) is 5.75 Å². The highest BCUT2D eigenvalue weighted by Gasteiger charge is 2.49. The van der Waals surface area contributed by atoms with Gasteiger partial charge in [0, 0.05) is 0 Å². The van der Waals surface area contributed by atoms with Gasteiger partial charge in [-0.15, -0.1) is 0 Å². The number of carbonyl (C=O) groups is 1. The molecule has 4 nitrogen and oxygen atoms in total. The maximum Gasteiger partial charge on any atom is 0.383 e. The van der Waals surface area contributed by atoms with E-state index in [1.165, 1.54) is 0 Å². The first kappa shape index (κ1) is 15.5. The normalized spacial score (nSPS) is 11.9. The van der Waals surface area contributed by atoms with Crippen LogP contribution < -0.4 is 10.1 Å². The maximum absolute atomic E-state index is 12.8. The highest BCUT2D eigenvalue weighted by atomic mass is 32.1. The molecule has 1 N–H and O–H groups in total. The van der Waals surface area contributed by atoms with Gasteiger partial charge in [0.25, 0.3) is 0 Å². The molecular weight excluding hydrogens is 312 g/mol. The summed E-state index contributed by atoms with van der Waals surface area (Å²) in [7, 11) is 0. The third kappa shape index (κ3) is 3.23. The van der Waals surface area contributed by atoms with Crippen LogP contribution in [0.2, 0.25) is 0 Å². The number of fused-ring (bicyclic) bond motifs is 1. The number of hydrogen-bond acceptors (Lipinski definition) is 4. The fourth-order valence-corrected chi connectivity index (χ4v) is 2.38. The lowest BCUT2D eigenvalue weighted by molar-refractivity contribution is -0.163. The number of nitrogens with one attached hydrogen (secondary N) is 1. The molecule has 0 unspecified atom stereocenters. The van der Waals surface area contributed by atoms with Crippen molar-refractivity contribution in [2.24, 2.45) is 0 Å². The number of anilines is 1. The largest absolute Gasteiger partial charge is 0.494 e. The maximum atomic E-state index is 12.8. The quantitative estimate of drug-likeness (QED) is 0.857. The van der Waals surface area contributed by atoms with Crippen molar-refractivity contribution in [1.82, 2.24) is 4.98 Å². The molecule has 0 aliphatic carbocycles. The molecule has 114 valence electrons. The lowest BCUT2D eigenvalue weighted by Gasteiger charge is -2.13. The van der Waals surface area contributed by atoms with Crippen LogP contribution in [0.1, 0.15) is 6.92 Å². The zero-order valence-corrected chi connectivity index (χ0v) is 11.5. The van der Waals surface area contributed by atoms with Crippen molar-refractivity contribution < 1.29 is 27.1 Å². The molecule has 0 aliphatic rings. The monoisotopic (exact) mass is 322 g/mol. The fourth-order valence-electron chi connectivity index (χ4n) is 1.49. The molecule has 0 aliphatic heterocycles. The Morgan fingerprint density at radius 3 is 2.81 bits per heavy atom. The molecular formula is C12H10F4N2O2S. The lowest BCUT2D eigenvalue weighted by atomic mass is 10.3. The SMILES string of the molecule is CCOc1ccc2nc(NC(=O)C(F)(F)C(F)F)sc2c1. The van der Waals surface area contributed by atoms with E-state index in [9.17, 15) is 22.4 Å². The first-order valence-electron chi connectivity index (χ1n) is 5.85. The van der Waals surface area contributed by atoms with Crippen molar-refractivity contribution in [1.29, 1.82) is 0 Å². The molecule has 0 saturated heterocycles. The van der Waals surface area contributed by atoms with Gasteiger partial charge in [-0.3, -0.25) is 10.1 Å². The topological polar surface area (TPSA) is 51.2 Å². The van der Waals surface area contributed by atoms with E-state index < -0.39 is 18.3 Å². The zero-order chi connectivity index (χ0) is 15.6. The number of halogens is 4. The summed E-state index contributed by atoms with van der Waals surface area (Å²) in [6, 6.07) is 4.83. The second-order valence-corrected chi connectivity index (χ2v) is 4.99. The van der Waals surface area contributed by atoms with Gasteiger partial charge in [-0.2, -0.15) is 8.78 Å². The third-order valence-corrected chi connectivity index (χ3v) is 3.40. The van der Waals surface area contributed by atoms with E-state index >= 15 is 0 Å².